The third kappa shape index (κ3) is 2.76. The van der Waals surface area contributed by atoms with E-state index in [0.29, 0.717) is 0 Å². The van der Waals surface area contributed by atoms with Crippen LogP contribution >= 0.6 is 0 Å². The lowest BCUT2D eigenvalue weighted by atomic mass is 10.1. The van der Waals surface area contributed by atoms with E-state index in [1.807, 2.05) is 32.0 Å². The number of aliphatic carboxylic acids is 1. The van der Waals surface area contributed by atoms with E-state index in [9.17, 15) is 9.90 Å². The standard InChI is InChI=1S/C17H19N5O2/c1-13-6-3-7-14(2)15(13)20-17(16(23)24,22-11-5-9-19-22)12-21-10-4-8-18-21/h3-11,20H,12H2,1-2H3,(H,23,24). The Morgan fingerprint density at radius 3 is 2.33 bits per heavy atom. The molecule has 7 nitrogen and oxygen atoms in total. The van der Waals surface area contributed by atoms with Crippen molar-refractivity contribution in [2.75, 3.05) is 5.32 Å². The number of carboxylic acid groups (broad SMARTS) is 1. The fraction of sp³-hybridized carbons (Fsp3) is 0.235. The lowest BCUT2D eigenvalue weighted by Gasteiger charge is -2.33. The van der Waals surface area contributed by atoms with Crippen LogP contribution in [0.15, 0.2) is 55.1 Å². The number of para-hydroxylation sites is 1. The van der Waals surface area contributed by atoms with E-state index in [4.69, 9.17) is 0 Å². The van der Waals surface area contributed by atoms with Crippen LogP contribution in [0.4, 0.5) is 5.69 Å². The number of hydrogen-bond donors (Lipinski definition) is 2. The van der Waals surface area contributed by atoms with Crippen LogP contribution in [-0.4, -0.2) is 30.6 Å². The average Bonchev–Trinajstić information content (AvgIpc) is 3.23. The summed E-state index contributed by atoms with van der Waals surface area (Å²) >= 11 is 0. The minimum atomic E-state index is -1.49. The molecule has 0 saturated carbocycles. The molecule has 2 N–H and O–H groups in total. The molecule has 24 heavy (non-hydrogen) atoms. The van der Waals surface area contributed by atoms with Gasteiger partial charge in [0, 0.05) is 30.5 Å². The van der Waals surface area contributed by atoms with Crippen molar-refractivity contribution in [2.24, 2.45) is 0 Å². The Balaban J connectivity index is 2.12. The second-order valence-corrected chi connectivity index (χ2v) is 5.71. The van der Waals surface area contributed by atoms with Crippen LogP contribution in [0.2, 0.25) is 0 Å². The topological polar surface area (TPSA) is 85.0 Å². The number of nitrogens with zero attached hydrogens (tertiary/aromatic N) is 4. The van der Waals surface area contributed by atoms with E-state index >= 15 is 0 Å². The molecule has 2 heterocycles. The van der Waals surface area contributed by atoms with Gasteiger partial charge in [-0.3, -0.25) is 4.68 Å². The van der Waals surface area contributed by atoms with Crippen LogP contribution in [0.1, 0.15) is 11.1 Å². The van der Waals surface area contributed by atoms with Crippen molar-refractivity contribution < 1.29 is 9.90 Å². The zero-order valence-electron chi connectivity index (χ0n) is 13.5. The molecule has 0 fully saturated rings. The number of hydrogen-bond acceptors (Lipinski definition) is 4. The second-order valence-electron chi connectivity index (χ2n) is 5.71. The fourth-order valence-electron chi connectivity index (χ4n) is 2.73. The zero-order valence-corrected chi connectivity index (χ0v) is 13.5. The van der Waals surface area contributed by atoms with Crippen molar-refractivity contribution >= 4 is 11.7 Å². The highest BCUT2D eigenvalue weighted by Gasteiger charge is 2.43. The molecule has 0 saturated heterocycles. The Morgan fingerprint density at radius 1 is 1.12 bits per heavy atom. The van der Waals surface area contributed by atoms with Gasteiger partial charge < -0.3 is 10.4 Å². The van der Waals surface area contributed by atoms with Gasteiger partial charge in [0.15, 0.2) is 0 Å². The number of anilines is 1. The first-order valence-corrected chi connectivity index (χ1v) is 7.58. The van der Waals surface area contributed by atoms with Crippen LogP contribution in [-0.2, 0) is 17.0 Å². The Labute approximate surface area is 139 Å². The molecule has 1 unspecified atom stereocenters. The first-order chi connectivity index (χ1) is 11.5. The summed E-state index contributed by atoms with van der Waals surface area (Å²) in [6.07, 6.45) is 6.55. The molecular weight excluding hydrogens is 306 g/mol. The van der Waals surface area contributed by atoms with Crippen molar-refractivity contribution in [3.63, 3.8) is 0 Å². The smallest absolute Gasteiger partial charge is 0.354 e. The first-order valence-electron chi connectivity index (χ1n) is 7.58. The molecule has 0 aliphatic rings. The molecule has 2 aromatic heterocycles. The highest BCUT2D eigenvalue weighted by Crippen LogP contribution is 2.28. The summed E-state index contributed by atoms with van der Waals surface area (Å²) in [5, 5.41) is 21.6. The van der Waals surface area contributed by atoms with Gasteiger partial charge in [-0.2, -0.15) is 10.2 Å². The van der Waals surface area contributed by atoms with E-state index in [1.54, 1.807) is 41.6 Å². The van der Waals surface area contributed by atoms with Gasteiger partial charge in [0.25, 0.3) is 0 Å². The van der Waals surface area contributed by atoms with E-state index in [-0.39, 0.29) is 6.54 Å². The summed E-state index contributed by atoms with van der Waals surface area (Å²) < 4.78 is 3.00. The maximum Gasteiger partial charge on any atom is 0.354 e. The van der Waals surface area contributed by atoms with Crippen LogP contribution in [0.25, 0.3) is 0 Å². The molecule has 0 amide bonds. The van der Waals surface area contributed by atoms with Gasteiger partial charge in [-0.05, 0) is 37.1 Å². The Kier molecular flexibility index (Phi) is 4.07. The number of carbonyl (C=O) groups is 1. The number of nitrogens with one attached hydrogen (secondary N) is 1. The first kappa shape index (κ1) is 15.8. The number of aromatic nitrogens is 4. The minimum absolute atomic E-state index is 0.0881. The van der Waals surface area contributed by atoms with E-state index < -0.39 is 11.6 Å². The van der Waals surface area contributed by atoms with Gasteiger partial charge in [0.2, 0.25) is 5.66 Å². The van der Waals surface area contributed by atoms with Crippen LogP contribution in [0, 0.1) is 13.8 Å². The number of rotatable bonds is 6. The molecule has 0 bridgehead atoms. The third-order valence-electron chi connectivity index (χ3n) is 4.01. The number of carboxylic acids is 1. The minimum Gasteiger partial charge on any atom is -0.478 e. The molecule has 124 valence electrons. The van der Waals surface area contributed by atoms with Gasteiger partial charge >= 0.3 is 5.97 Å². The number of aryl methyl sites for hydroxylation is 2. The van der Waals surface area contributed by atoms with Gasteiger partial charge in [-0.25, -0.2) is 9.48 Å². The predicted molar refractivity (Wildman–Crippen MR) is 89.6 cm³/mol. The summed E-state index contributed by atoms with van der Waals surface area (Å²) in [6.45, 7) is 3.97. The molecule has 0 radical (unpaired) electrons. The predicted octanol–water partition coefficient (Wildman–Crippen LogP) is 2.25. The summed E-state index contributed by atoms with van der Waals surface area (Å²) in [5.41, 5.74) is 1.22. The Bertz CT molecular complexity index is 807. The van der Waals surface area contributed by atoms with Gasteiger partial charge in [-0.15, -0.1) is 0 Å². The molecular formula is C17H19N5O2. The van der Waals surface area contributed by atoms with Crippen molar-refractivity contribution in [2.45, 2.75) is 26.1 Å². The maximum atomic E-state index is 12.3. The quantitative estimate of drug-likeness (QED) is 0.726. The maximum absolute atomic E-state index is 12.3. The molecule has 7 heteroatoms. The normalized spacial score (nSPS) is 13.4. The van der Waals surface area contributed by atoms with Crippen LogP contribution in [0.5, 0.6) is 0 Å². The highest BCUT2D eigenvalue weighted by molar-refractivity contribution is 5.81. The second kappa shape index (κ2) is 6.19. The van der Waals surface area contributed by atoms with Gasteiger partial charge in [-0.1, -0.05) is 18.2 Å². The lowest BCUT2D eigenvalue weighted by molar-refractivity contribution is -0.147. The molecule has 1 atom stereocenters. The lowest BCUT2D eigenvalue weighted by Crippen LogP contribution is -2.52. The van der Waals surface area contributed by atoms with Crippen LogP contribution in [0.3, 0.4) is 0 Å². The Morgan fingerprint density at radius 2 is 1.79 bits per heavy atom. The molecule has 0 aliphatic heterocycles. The molecule has 3 rings (SSSR count). The third-order valence-corrected chi connectivity index (χ3v) is 4.01. The molecule has 0 aliphatic carbocycles. The Hall–Kier alpha value is -3.09. The van der Waals surface area contributed by atoms with E-state index in [1.165, 1.54) is 4.68 Å². The van der Waals surface area contributed by atoms with Gasteiger partial charge in [0.1, 0.15) is 0 Å². The number of benzene rings is 1. The molecule has 3 aromatic rings. The SMILES string of the molecule is Cc1cccc(C)c1NC(Cn1cccn1)(C(=O)O)n1cccn1. The summed E-state index contributed by atoms with van der Waals surface area (Å²) in [5.74, 6) is -1.04. The van der Waals surface area contributed by atoms with Crippen molar-refractivity contribution in [3.05, 3.63) is 66.2 Å². The van der Waals surface area contributed by atoms with Crippen molar-refractivity contribution in [1.82, 2.24) is 19.6 Å². The largest absolute Gasteiger partial charge is 0.478 e. The van der Waals surface area contributed by atoms with E-state index in [0.717, 1.165) is 16.8 Å². The van der Waals surface area contributed by atoms with Crippen molar-refractivity contribution in [3.8, 4) is 0 Å². The summed E-state index contributed by atoms with van der Waals surface area (Å²) in [7, 11) is 0. The van der Waals surface area contributed by atoms with Crippen LogP contribution < -0.4 is 5.32 Å². The van der Waals surface area contributed by atoms with Gasteiger partial charge in [0.05, 0.1) is 6.54 Å². The average molecular weight is 325 g/mol. The fourth-order valence-corrected chi connectivity index (χ4v) is 2.73. The summed E-state index contributed by atoms with van der Waals surface area (Å²) in [6, 6.07) is 9.29. The monoisotopic (exact) mass is 325 g/mol. The van der Waals surface area contributed by atoms with Crippen molar-refractivity contribution in [1.29, 1.82) is 0 Å². The highest BCUT2D eigenvalue weighted by atomic mass is 16.4. The summed E-state index contributed by atoms with van der Waals surface area (Å²) in [4.78, 5) is 12.3. The molecule has 1 aromatic carbocycles. The zero-order chi connectivity index (χ0) is 17.2. The molecule has 0 spiro atoms. The van der Waals surface area contributed by atoms with E-state index in [2.05, 4.69) is 15.5 Å².